The van der Waals surface area contributed by atoms with Crippen molar-refractivity contribution in [2.45, 2.75) is 44.2 Å². The molecule has 6 heterocycles. The molecule has 0 aliphatic carbocycles. The van der Waals surface area contributed by atoms with Crippen molar-refractivity contribution in [2.75, 3.05) is 68.3 Å². The molecule has 0 radical (unpaired) electrons. The summed E-state index contributed by atoms with van der Waals surface area (Å²) in [5, 5.41) is 3.43. The summed E-state index contributed by atoms with van der Waals surface area (Å²) in [4.78, 5) is 21.8. The first-order valence-electron chi connectivity index (χ1n) is 14.5. The molecule has 3 aromatic rings. The van der Waals surface area contributed by atoms with E-state index < -0.39 is 7.14 Å². The molecule has 9 nitrogen and oxygen atoms in total. The van der Waals surface area contributed by atoms with Crippen LogP contribution in [0.3, 0.4) is 0 Å². The van der Waals surface area contributed by atoms with Gasteiger partial charge in [-0.05, 0) is 77.0 Å². The Morgan fingerprint density at radius 2 is 1.76 bits per heavy atom. The van der Waals surface area contributed by atoms with Crippen LogP contribution < -0.4 is 20.6 Å². The van der Waals surface area contributed by atoms with E-state index in [-0.39, 0.29) is 18.5 Å². The van der Waals surface area contributed by atoms with E-state index in [0.717, 1.165) is 42.4 Å². The van der Waals surface area contributed by atoms with Crippen LogP contribution in [0.5, 0.6) is 0 Å². The van der Waals surface area contributed by atoms with Gasteiger partial charge in [0, 0.05) is 61.6 Å². The molecule has 0 bridgehead atoms. The van der Waals surface area contributed by atoms with E-state index in [1.165, 1.54) is 18.8 Å². The molecule has 1 spiro atoms. The molecule has 1 aromatic carbocycles. The molecular weight excluding hydrogens is 533 g/mol. The van der Waals surface area contributed by atoms with Gasteiger partial charge in [-0.3, -0.25) is 0 Å². The summed E-state index contributed by atoms with van der Waals surface area (Å²) in [7, 11) is -0.341. The normalized spacial score (nSPS) is 26.2. The fraction of sp³-hybridized carbons (Fsp3) is 0.516. The molecule has 4 aliphatic heterocycles. The minimum Gasteiger partial charge on any atom is -0.374 e. The summed E-state index contributed by atoms with van der Waals surface area (Å²) in [6, 6.07) is 14.4. The third kappa shape index (κ3) is 4.53. The number of nitrogens with one attached hydrogen (secondary N) is 1. The third-order valence-corrected chi connectivity index (χ3v) is 10.7. The SMILES string of the molecule is CN1CC2(C1)CN(c1ccc(Nc3ncc4c(n3)N(c3cccc(P(C)(C)=O)n3)[C@@H]3CC(C)(C)OC[C@]43C)cc1)C2.[HH]. The van der Waals surface area contributed by atoms with Gasteiger partial charge >= 0.3 is 0 Å². The lowest BCUT2D eigenvalue weighted by Gasteiger charge is -2.60. The van der Waals surface area contributed by atoms with Gasteiger partial charge in [0.15, 0.2) is 0 Å². The number of aromatic nitrogens is 3. The number of rotatable bonds is 5. The molecule has 10 heteroatoms. The van der Waals surface area contributed by atoms with Gasteiger partial charge in [0.25, 0.3) is 0 Å². The zero-order valence-electron chi connectivity index (χ0n) is 24.9. The number of likely N-dealkylation sites (tertiary alicyclic amines) is 1. The van der Waals surface area contributed by atoms with Crippen molar-refractivity contribution < 1.29 is 10.7 Å². The highest BCUT2D eigenvalue weighted by molar-refractivity contribution is 7.69. The molecular formula is C31H42N7O2P. The Balaban J connectivity index is 0.00000316. The average molecular weight is 576 g/mol. The summed E-state index contributed by atoms with van der Waals surface area (Å²) in [5.41, 5.74) is 3.80. The Bertz CT molecular complexity index is 1550. The van der Waals surface area contributed by atoms with Crippen molar-refractivity contribution in [1.29, 1.82) is 0 Å². The predicted molar refractivity (Wildman–Crippen MR) is 167 cm³/mol. The number of hydrogen-bond donors (Lipinski definition) is 1. The zero-order chi connectivity index (χ0) is 28.8. The molecule has 4 aliphatic rings. The molecule has 3 fully saturated rings. The van der Waals surface area contributed by atoms with E-state index in [4.69, 9.17) is 19.7 Å². The van der Waals surface area contributed by atoms with Crippen LogP contribution in [0.4, 0.5) is 29.0 Å². The maximum atomic E-state index is 12.9. The Kier molecular flexibility index (Phi) is 5.90. The minimum absolute atomic E-state index is 0. The quantitative estimate of drug-likeness (QED) is 0.430. The number of pyridine rings is 1. The van der Waals surface area contributed by atoms with Crippen LogP contribution in [-0.4, -0.2) is 84.7 Å². The van der Waals surface area contributed by atoms with Gasteiger partial charge in [-0.2, -0.15) is 4.98 Å². The number of anilines is 5. The van der Waals surface area contributed by atoms with E-state index >= 15 is 0 Å². The highest BCUT2D eigenvalue weighted by atomic mass is 31.2. The van der Waals surface area contributed by atoms with Crippen molar-refractivity contribution in [2.24, 2.45) is 5.41 Å². The van der Waals surface area contributed by atoms with E-state index in [2.05, 4.69) is 72.1 Å². The van der Waals surface area contributed by atoms with E-state index in [9.17, 15) is 4.57 Å². The summed E-state index contributed by atoms with van der Waals surface area (Å²) < 4.78 is 19.3. The smallest absolute Gasteiger partial charge is 0.229 e. The first-order chi connectivity index (χ1) is 19.3. The van der Waals surface area contributed by atoms with Crippen molar-refractivity contribution in [3.8, 4) is 0 Å². The number of nitrogens with zero attached hydrogens (tertiary/aromatic N) is 6. The highest BCUT2D eigenvalue weighted by Crippen LogP contribution is 2.53. The van der Waals surface area contributed by atoms with Crippen LogP contribution in [0.1, 0.15) is 34.2 Å². The lowest BCUT2D eigenvalue weighted by atomic mass is 9.73. The molecule has 0 unspecified atom stereocenters. The number of benzene rings is 1. The van der Waals surface area contributed by atoms with Crippen molar-refractivity contribution >= 4 is 41.5 Å². The summed E-state index contributed by atoms with van der Waals surface area (Å²) in [6.45, 7) is 15.3. The van der Waals surface area contributed by atoms with Crippen molar-refractivity contribution in [1.82, 2.24) is 19.9 Å². The standard InChI is InChI=1S/C31H40N7O2P.H2/c1-29(2)14-24-30(3,20-40-29)23-15-32-28(35-27(23)38(24)25-8-7-9-26(34-25)41(5,6)39)33-21-10-12-22(13-11-21)37-18-31(19-37)16-36(4)17-31;/h7-13,15,24H,14,16-20H2,1-6H3,(H,32,33,35);1H/t24-,30-;/m1./s1. The molecule has 0 saturated carbocycles. The van der Waals surface area contributed by atoms with E-state index in [1.54, 1.807) is 13.3 Å². The topological polar surface area (TPSA) is 86.7 Å². The van der Waals surface area contributed by atoms with Crippen LogP contribution in [0, 0.1) is 5.41 Å². The average Bonchev–Trinajstić information content (AvgIpc) is 3.12. The summed E-state index contributed by atoms with van der Waals surface area (Å²) in [5.74, 6) is 2.13. The maximum absolute atomic E-state index is 12.9. The van der Waals surface area contributed by atoms with Gasteiger partial charge in [0.05, 0.1) is 18.2 Å². The van der Waals surface area contributed by atoms with E-state index in [1.807, 2.05) is 24.4 Å². The van der Waals surface area contributed by atoms with Crippen LogP contribution in [0.2, 0.25) is 0 Å². The van der Waals surface area contributed by atoms with Gasteiger partial charge in [0.1, 0.15) is 24.2 Å². The minimum atomic E-state index is -2.54. The fourth-order valence-electron chi connectivity index (χ4n) is 7.24. The molecule has 0 amide bonds. The molecule has 41 heavy (non-hydrogen) atoms. The first kappa shape index (κ1) is 26.9. The van der Waals surface area contributed by atoms with Crippen LogP contribution in [-0.2, 0) is 14.7 Å². The lowest BCUT2D eigenvalue weighted by molar-refractivity contribution is -0.0893. The van der Waals surface area contributed by atoms with Crippen LogP contribution in [0.25, 0.3) is 0 Å². The number of hydrogen-bond acceptors (Lipinski definition) is 9. The maximum Gasteiger partial charge on any atom is 0.229 e. The summed E-state index contributed by atoms with van der Waals surface area (Å²) >= 11 is 0. The second-order valence-electron chi connectivity index (χ2n) is 13.9. The number of fused-ring (bicyclic) bond motifs is 3. The van der Waals surface area contributed by atoms with E-state index in [0.29, 0.717) is 23.4 Å². The molecule has 1 N–H and O–H groups in total. The Hall–Kier alpha value is -3.00. The lowest BCUT2D eigenvalue weighted by Crippen LogP contribution is -2.71. The molecule has 2 atom stereocenters. The monoisotopic (exact) mass is 575 g/mol. The van der Waals surface area contributed by atoms with Gasteiger partial charge in [-0.25, -0.2) is 9.97 Å². The Labute approximate surface area is 244 Å². The van der Waals surface area contributed by atoms with Crippen LogP contribution >= 0.6 is 7.14 Å². The fourth-order valence-corrected chi connectivity index (χ4v) is 8.02. The predicted octanol–water partition coefficient (Wildman–Crippen LogP) is 4.84. The first-order valence-corrected chi connectivity index (χ1v) is 17.1. The molecule has 3 saturated heterocycles. The highest BCUT2D eigenvalue weighted by Gasteiger charge is 2.55. The number of ether oxygens (including phenoxy) is 1. The van der Waals surface area contributed by atoms with Crippen molar-refractivity contribution in [3.05, 3.63) is 54.2 Å². The van der Waals surface area contributed by atoms with Gasteiger partial charge < -0.3 is 29.3 Å². The largest absolute Gasteiger partial charge is 0.374 e. The second-order valence-corrected chi connectivity index (χ2v) is 17.1. The molecule has 2 aromatic heterocycles. The van der Waals surface area contributed by atoms with Gasteiger partial charge in [-0.1, -0.05) is 13.0 Å². The molecule has 7 rings (SSSR count). The Morgan fingerprint density at radius 1 is 1.02 bits per heavy atom. The third-order valence-electron chi connectivity index (χ3n) is 9.38. The molecule has 218 valence electrons. The summed E-state index contributed by atoms with van der Waals surface area (Å²) in [6.07, 6.45) is 2.75. The second kappa shape index (κ2) is 9.00. The van der Waals surface area contributed by atoms with Gasteiger partial charge in [0.2, 0.25) is 5.95 Å². The Morgan fingerprint density at radius 3 is 2.44 bits per heavy atom. The van der Waals surface area contributed by atoms with Crippen molar-refractivity contribution in [3.63, 3.8) is 0 Å². The zero-order valence-corrected chi connectivity index (χ0v) is 25.8. The van der Waals surface area contributed by atoms with Gasteiger partial charge in [-0.15, -0.1) is 0 Å². The van der Waals surface area contributed by atoms with Crippen LogP contribution in [0.15, 0.2) is 48.7 Å².